The van der Waals surface area contributed by atoms with Gasteiger partial charge in [0.1, 0.15) is 0 Å². The molecule has 0 aliphatic rings. The van der Waals surface area contributed by atoms with Gasteiger partial charge in [-0.05, 0) is 18.1 Å². The molecule has 0 radical (unpaired) electrons. The van der Waals surface area contributed by atoms with Gasteiger partial charge in [0, 0.05) is 26.4 Å². The number of carbonyl (C=O) groups is 2. The van der Waals surface area contributed by atoms with Gasteiger partial charge in [-0.15, -0.1) is 0 Å². The summed E-state index contributed by atoms with van der Waals surface area (Å²) in [5, 5.41) is 0. The van der Waals surface area contributed by atoms with Crippen LogP contribution in [-0.2, 0) is 23.2 Å². The van der Waals surface area contributed by atoms with E-state index in [1.807, 2.05) is 38.1 Å². The van der Waals surface area contributed by atoms with Crippen molar-refractivity contribution in [3.8, 4) is 0 Å². The molecule has 0 fully saturated rings. The Labute approximate surface area is 134 Å². The fraction of sp³-hybridized carbons (Fsp3) is 0.438. The van der Waals surface area contributed by atoms with Gasteiger partial charge in [-0.1, -0.05) is 26.0 Å². The Kier molecular flexibility index (Phi) is 5.20. The average Bonchev–Trinajstić information content (AvgIpc) is 2.75. The topological polar surface area (TPSA) is 85.1 Å². The number of rotatable bonds is 5. The van der Waals surface area contributed by atoms with Crippen molar-refractivity contribution in [2.24, 2.45) is 13.0 Å². The third kappa shape index (κ3) is 4.00. The number of benzene rings is 1. The van der Waals surface area contributed by atoms with Crippen molar-refractivity contribution in [3.05, 3.63) is 34.7 Å². The smallest absolute Gasteiger partial charge is 0.295 e. The number of fused-ring (bicyclic) bond motifs is 1. The number of hydrazine groups is 1. The van der Waals surface area contributed by atoms with E-state index >= 15 is 0 Å². The first-order valence-electron chi connectivity index (χ1n) is 7.62. The van der Waals surface area contributed by atoms with Gasteiger partial charge < -0.3 is 0 Å². The lowest BCUT2D eigenvalue weighted by Gasteiger charge is -2.09. The van der Waals surface area contributed by atoms with Crippen LogP contribution in [0.4, 0.5) is 0 Å². The van der Waals surface area contributed by atoms with Gasteiger partial charge in [-0.3, -0.25) is 29.6 Å². The fourth-order valence-corrected chi connectivity index (χ4v) is 2.42. The second kappa shape index (κ2) is 7.13. The normalized spacial score (nSPS) is 11.0. The number of nitrogens with one attached hydrogen (secondary N) is 2. The van der Waals surface area contributed by atoms with Crippen LogP contribution in [0.15, 0.2) is 29.1 Å². The molecule has 2 amide bonds. The minimum Gasteiger partial charge on any atom is -0.295 e. The van der Waals surface area contributed by atoms with Gasteiger partial charge in [0.15, 0.2) is 0 Å². The van der Waals surface area contributed by atoms with E-state index in [9.17, 15) is 14.4 Å². The van der Waals surface area contributed by atoms with E-state index in [-0.39, 0.29) is 36.4 Å². The number of aryl methyl sites for hydroxylation is 2. The van der Waals surface area contributed by atoms with Crippen molar-refractivity contribution >= 4 is 22.8 Å². The molecule has 1 aromatic carbocycles. The molecule has 1 heterocycles. The minimum atomic E-state index is -0.332. The lowest BCUT2D eigenvalue weighted by molar-refractivity contribution is -0.129. The SMILES string of the molecule is CC(C)CC(=O)NNC(=O)CCn1c(=O)n(C)c2ccccc21. The van der Waals surface area contributed by atoms with Crippen LogP contribution in [0.5, 0.6) is 0 Å². The van der Waals surface area contributed by atoms with E-state index < -0.39 is 0 Å². The molecule has 7 nitrogen and oxygen atoms in total. The molecular weight excluding hydrogens is 296 g/mol. The standard InChI is InChI=1S/C16H22N4O3/c1-11(2)10-15(22)18-17-14(21)8-9-20-13-7-5-4-6-12(13)19(3)16(20)23/h4-7,11H,8-10H2,1-3H3,(H,17,21)(H,18,22). The quantitative estimate of drug-likeness (QED) is 0.804. The maximum Gasteiger partial charge on any atom is 0.328 e. The number of hydrogen-bond acceptors (Lipinski definition) is 3. The van der Waals surface area contributed by atoms with Gasteiger partial charge in [0.25, 0.3) is 0 Å². The summed E-state index contributed by atoms with van der Waals surface area (Å²) >= 11 is 0. The zero-order chi connectivity index (χ0) is 17.0. The molecule has 7 heteroatoms. The summed E-state index contributed by atoms with van der Waals surface area (Å²) in [4.78, 5) is 35.5. The summed E-state index contributed by atoms with van der Waals surface area (Å²) in [6.45, 7) is 4.11. The number of imidazole rings is 1. The fourth-order valence-electron chi connectivity index (χ4n) is 2.42. The molecule has 0 saturated heterocycles. The zero-order valence-corrected chi connectivity index (χ0v) is 13.6. The van der Waals surface area contributed by atoms with Gasteiger partial charge in [0.05, 0.1) is 11.0 Å². The predicted molar refractivity (Wildman–Crippen MR) is 87.5 cm³/mol. The maximum atomic E-state index is 12.2. The third-order valence-electron chi connectivity index (χ3n) is 3.55. The average molecular weight is 318 g/mol. The van der Waals surface area contributed by atoms with Gasteiger partial charge >= 0.3 is 5.69 Å². The Morgan fingerprint density at radius 3 is 2.35 bits per heavy atom. The highest BCUT2D eigenvalue weighted by Crippen LogP contribution is 2.11. The molecule has 2 aromatic rings. The first-order valence-corrected chi connectivity index (χ1v) is 7.62. The van der Waals surface area contributed by atoms with Crippen LogP contribution in [0.1, 0.15) is 26.7 Å². The van der Waals surface area contributed by atoms with Crippen LogP contribution in [-0.4, -0.2) is 20.9 Å². The summed E-state index contributed by atoms with van der Waals surface area (Å²) in [5.74, 6) is -0.334. The van der Waals surface area contributed by atoms with E-state index in [1.54, 1.807) is 16.2 Å². The van der Waals surface area contributed by atoms with E-state index in [0.29, 0.717) is 6.42 Å². The molecule has 0 aliphatic carbocycles. The molecule has 0 aliphatic heterocycles. The highest BCUT2D eigenvalue weighted by molar-refractivity contribution is 5.82. The predicted octanol–water partition coefficient (Wildman–Crippen LogP) is 0.924. The van der Waals surface area contributed by atoms with Crippen molar-refractivity contribution in [1.29, 1.82) is 0 Å². The molecule has 23 heavy (non-hydrogen) atoms. The minimum absolute atomic E-state index is 0.107. The molecule has 2 N–H and O–H groups in total. The second-order valence-electron chi connectivity index (χ2n) is 5.93. The summed E-state index contributed by atoms with van der Waals surface area (Å²) in [7, 11) is 1.70. The molecular formula is C16H22N4O3. The summed E-state index contributed by atoms with van der Waals surface area (Å²) < 4.78 is 3.11. The van der Waals surface area contributed by atoms with Crippen LogP contribution in [0, 0.1) is 5.92 Å². The maximum absolute atomic E-state index is 12.2. The Balaban J connectivity index is 1.96. The number of nitrogens with zero attached hydrogens (tertiary/aromatic N) is 2. The second-order valence-corrected chi connectivity index (χ2v) is 5.93. The summed E-state index contributed by atoms with van der Waals surface area (Å²) in [5.41, 5.74) is 6.19. The summed E-state index contributed by atoms with van der Waals surface area (Å²) in [6.07, 6.45) is 0.457. The Morgan fingerprint density at radius 1 is 1.09 bits per heavy atom. The van der Waals surface area contributed by atoms with Gasteiger partial charge in [-0.25, -0.2) is 4.79 Å². The van der Waals surface area contributed by atoms with Crippen LogP contribution < -0.4 is 16.5 Å². The molecule has 0 unspecified atom stereocenters. The highest BCUT2D eigenvalue weighted by Gasteiger charge is 2.12. The molecule has 2 rings (SSSR count). The van der Waals surface area contributed by atoms with Crippen LogP contribution in [0.25, 0.3) is 11.0 Å². The van der Waals surface area contributed by atoms with Crippen molar-refractivity contribution in [1.82, 2.24) is 20.0 Å². The van der Waals surface area contributed by atoms with Gasteiger partial charge in [-0.2, -0.15) is 0 Å². The number of carbonyl (C=O) groups excluding carboxylic acids is 2. The van der Waals surface area contributed by atoms with Crippen LogP contribution in [0.3, 0.4) is 0 Å². The van der Waals surface area contributed by atoms with Gasteiger partial charge in [0.2, 0.25) is 11.8 Å². The Bertz CT molecular complexity index is 773. The first-order chi connectivity index (χ1) is 10.9. The van der Waals surface area contributed by atoms with Crippen LogP contribution in [0.2, 0.25) is 0 Å². The highest BCUT2D eigenvalue weighted by atomic mass is 16.2. The number of para-hydroxylation sites is 2. The number of amides is 2. The molecule has 0 bridgehead atoms. The third-order valence-corrected chi connectivity index (χ3v) is 3.55. The number of aromatic nitrogens is 2. The van der Waals surface area contributed by atoms with E-state index in [4.69, 9.17) is 0 Å². The zero-order valence-electron chi connectivity index (χ0n) is 13.6. The Hall–Kier alpha value is -2.57. The summed E-state index contributed by atoms with van der Waals surface area (Å²) in [6, 6.07) is 7.42. The molecule has 0 saturated carbocycles. The van der Waals surface area contributed by atoms with E-state index in [2.05, 4.69) is 10.9 Å². The molecule has 0 spiro atoms. The van der Waals surface area contributed by atoms with Crippen LogP contribution >= 0.6 is 0 Å². The van der Waals surface area contributed by atoms with Crippen molar-refractivity contribution < 1.29 is 9.59 Å². The van der Waals surface area contributed by atoms with Crippen molar-refractivity contribution in [2.45, 2.75) is 33.2 Å². The molecule has 1 aromatic heterocycles. The lowest BCUT2D eigenvalue weighted by atomic mass is 10.1. The molecule has 124 valence electrons. The Morgan fingerprint density at radius 2 is 1.70 bits per heavy atom. The van der Waals surface area contributed by atoms with Crippen molar-refractivity contribution in [2.75, 3.05) is 0 Å². The van der Waals surface area contributed by atoms with E-state index in [1.165, 1.54) is 0 Å². The lowest BCUT2D eigenvalue weighted by Crippen LogP contribution is -2.42. The molecule has 0 atom stereocenters. The van der Waals surface area contributed by atoms with E-state index in [0.717, 1.165) is 11.0 Å². The monoisotopic (exact) mass is 318 g/mol. The number of hydrogen-bond donors (Lipinski definition) is 2. The van der Waals surface area contributed by atoms with Crippen molar-refractivity contribution in [3.63, 3.8) is 0 Å². The first kappa shape index (κ1) is 16.8. The largest absolute Gasteiger partial charge is 0.328 e.